The maximum atomic E-state index is 3.52. The molecule has 0 unspecified atom stereocenters. The molecule has 1 aliphatic rings. The van der Waals surface area contributed by atoms with E-state index in [1.807, 2.05) is 0 Å². The molecule has 0 spiro atoms. The van der Waals surface area contributed by atoms with Crippen LogP contribution in [0.5, 0.6) is 0 Å². The topological polar surface area (TPSA) is 3.24 Å². The van der Waals surface area contributed by atoms with Crippen molar-refractivity contribution in [3.63, 3.8) is 0 Å². The van der Waals surface area contributed by atoms with Gasteiger partial charge in [0.25, 0.3) is 0 Å². The van der Waals surface area contributed by atoms with Gasteiger partial charge in [0, 0.05) is 23.2 Å². The second-order valence-electron chi connectivity index (χ2n) is 5.35. The molecule has 18 heavy (non-hydrogen) atoms. The molecule has 0 saturated carbocycles. The summed E-state index contributed by atoms with van der Waals surface area (Å²) in [6.07, 6.45) is 2.64. The molecule has 94 valence electrons. The van der Waals surface area contributed by atoms with E-state index >= 15 is 0 Å². The van der Waals surface area contributed by atoms with Gasteiger partial charge in [0.2, 0.25) is 0 Å². The summed E-state index contributed by atoms with van der Waals surface area (Å²) in [4.78, 5) is 2.52. The first kappa shape index (κ1) is 12.0. The van der Waals surface area contributed by atoms with E-state index in [1.54, 1.807) is 0 Å². The average Bonchev–Trinajstić information content (AvgIpc) is 2.39. The monoisotopic (exact) mass is 303 g/mol. The number of halogens is 1. The minimum Gasteiger partial charge on any atom is -0.371 e. The van der Waals surface area contributed by atoms with Crippen molar-refractivity contribution in [3.05, 3.63) is 40.9 Å². The first-order valence-electron chi connectivity index (χ1n) is 6.66. The van der Waals surface area contributed by atoms with E-state index in [4.69, 9.17) is 0 Å². The Labute approximate surface area is 117 Å². The zero-order valence-corrected chi connectivity index (χ0v) is 12.3. The van der Waals surface area contributed by atoms with Gasteiger partial charge in [0.15, 0.2) is 0 Å². The summed E-state index contributed by atoms with van der Waals surface area (Å²) in [6, 6.07) is 13.3. The third kappa shape index (κ3) is 2.39. The molecule has 2 heteroatoms. The molecule has 1 fully saturated rings. The Kier molecular flexibility index (Phi) is 3.29. The molecule has 1 heterocycles. The summed E-state index contributed by atoms with van der Waals surface area (Å²) in [5.74, 6) is 0.887. The number of hydrogen-bond donors (Lipinski definition) is 0. The fourth-order valence-corrected chi connectivity index (χ4v) is 3.05. The highest BCUT2D eigenvalue weighted by Gasteiger charge is 2.15. The number of fused-ring (bicyclic) bond motifs is 1. The van der Waals surface area contributed by atoms with E-state index in [0.29, 0.717) is 0 Å². The van der Waals surface area contributed by atoms with E-state index in [1.165, 1.54) is 42.4 Å². The third-order valence-corrected chi connectivity index (χ3v) is 4.43. The highest BCUT2D eigenvalue weighted by Crippen LogP contribution is 2.27. The van der Waals surface area contributed by atoms with Crippen LogP contribution in [0.4, 0.5) is 5.69 Å². The van der Waals surface area contributed by atoms with Crippen LogP contribution in [0.25, 0.3) is 10.8 Å². The Bertz CT molecular complexity index is 556. The number of benzene rings is 2. The lowest BCUT2D eigenvalue weighted by molar-refractivity contribution is 0.438. The van der Waals surface area contributed by atoms with Gasteiger partial charge in [0.1, 0.15) is 0 Å². The molecule has 1 nitrogen and oxygen atoms in total. The highest BCUT2D eigenvalue weighted by atomic mass is 79.9. The normalized spacial score (nSPS) is 17.3. The van der Waals surface area contributed by atoms with Crippen molar-refractivity contribution in [2.45, 2.75) is 19.8 Å². The van der Waals surface area contributed by atoms with Crippen LogP contribution in [0.1, 0.15) is 19.8 Å². The van der Waals surface area contributed by atoms with Gasteiger partial charge in [0.05, 0.1) is 0 Å². The van der Waals surface area contributed by atoms with Crippen LogP contribution in [-0.4, -0.2) is 13.1 Å². The van der Waals surface area contributed by atoms with Crippen LogP contribution in [0.3, 0.4) is 0 Å². The van der Waals surface area contributed by atoms with Gasteiger partial charge >= 0.3 is 0 Å². The molecule has 0 aliphatic carbocycles. The lowest BCUT2D eigenvalue weighted by Gasteiger charge is -2.32. The average molecular weight is 304 g/mol. The fraction of sp³-hybridized carbons (Fsp3) is 0.375. The second kappa shape index (κ2) is 4.93. The van der Waals surface area contributed by atoms with Gasteiger partial charge in [-0.15, -0.1) is 0 Å². The van der Waals surface area contributed by atoms with Crippen LogP contribution in [0.2, 0.25) is 0 Å². The fourth-order valence-electron chi connectivity index (χ4n) is 2.67. The molecule has 2 aromatic carbocycles. The number of rotatable bonds is 1. The van der Waals surface area contributed by atoms with Crippen LogP contribution in [-0.2, 0) is 0 Å². The lowest BCUT2D eigenvalue weighted by atomic mass is 9.98. The third-order valence-electron chi connectivity index (χ3n) is 3.93. The number of hydrogen-bond acceptors (Lipinski definition) is 1. The quantitative estimate of drug-likeness (QED) is 0.729. The smallest absolute Gasteiger partial charge is 0.0372 e. The molecule has 2 aromatic rings. The molecule has 0 N–H and O–H groups in total. The molecular formula is C16H18BrN. The van der Waals surface area contributed by atoms with Gasteiger partial charge in [-0.1, -0.05) is 35.0 Å². The van der Waals surface area contributed by atoms with Crippen LogP contribution in [0, 0.1) is 5.92 Å². The van der Waals surface area contributed by atoms with Gasteiger partial charge in [-0.2, -0.15) is 0 Å². The number of anilines is 1. The van der Waals surface area contributed by atoms with Crippen molar-refractivity contribution < 1.29 is 0 Å². The summed E-state index contributed by atoms with van der Waals surface area (Å²) in [7, 11) is 0. The zero-order valence-electron chi connectivity index (χ0n) is 10.7. The Hall–Kier alpha value is -1.02. The summed E-state index contributed by atoms with van der Waals surface area (Å²) < 4.78 is 1.15. The second-order valence-corrected chi connectivity index (χ2v) is 6.26. The summed E-state index contributed by atoms with van der Waals surface area (Å²) in [6.45, 7) is 4.75. The first-order valence-corrected chi connectivity index (χ1v) is 7.46. The standard InChI is InChI=1S/C16H18BrN/c1-12-6-8-18(9-7-12)16-5-3-13-10-15(17)4-2-14(13)11-16/h2-5,10-12H,6-9H2,1H3. The van der Waals surface area contributed by atoms with Gasteiger partial charge < -0.3 is 4.90 Å². The van der Waals surface area contributed by atoms with E-state index in [2.05, 4.69) is 64.2 Å². The maximum Gasteiger partial charge on any atom is 0.0372 e. The number of piperidine rings is 1. The largest absolute Gasteiger partial charge is 0.371 e. The molecule has 0 aromatic heterocycles. The van der Waals surface area contributed by atoms with Crippen molar-refractivity contribution in [2.75, 3.05) is 18.0 Å². The predicted octanol–water partition coefficient (Wildman–Crippen LogP) is 4.84. The molecule has 0 amide bonds. The minimum atomic E-state index is 0.887. The van der Waals surface area contributed by atoms with Crippen LogP contribution in [0.15, 0.2) is 40.9 Å². The van der Waals surface area contributed by atoms with E-state index in [-0.39, 0.29) is 0 Å². The maximum absolute atomic E-state index is 3.52. The van der Waals surface area contributed by atoms with Crippen molar-refractivity contribution >= 4 is 32.4 Å². The summed E-state index contributed by atoms with van der Waals surface area (Å²) in [5, 5.41) is 2.63. The van der Waals surface area contributed by atoms with E-state index in [9.17, 15) is 0 Å². The predicted molar refractivity (Wildman–Crippen MR) is 82.3 cm³/mol. The SMILES string of the molecule is CC1CCN(c2ccc3cc(Br)ccc3c2)CC1. The molecule has 0 bridgehead atoms. The van der Waals surface area contributed by atoms with Crippen molar-refractivity contribution in [1.82, 2.24) is 0 Å². The van der Waals surface area contributed by atoms with E-state index < -0.39 is 0 Å². The molecule has 0 atom stereocenters. The molecule has 1 aliphatic heterocycles. The molecule has 1 saturated heterocycles. The van der Waals surface area contributed by atoms with Gasteiger partial charge in [-0.05, 0) is 53.8 Å². The van der Waals surface area contributed by atoms with Gasteiger partial charge in [-0.25, -0.2) is 0 Å². The highest BCUT2D eigenvalue weighted by molar-refractivity contribution is 9.10. The Morgan fingerprint density at radius 2 is 1.67 bits per heavy atom. The molecular weight excluding hydrogens is 286 g/mol. The number of nitrogens with zero attached hydrogens (tertiary/aromatic N) is 1. The Morgan fingerprint density at radius 3 is 2.44 bits per heavy atom. The van der Waals surface area contributed by atoms with Gasteiger partial charge in [-0.3, -0.25) is 0 Å². The van der Waals surface area contributed by atoms with Crippen molar-refractivity contribution in [1.29, 1.82) is 0 Å². The Morgan fingerprint density at radius 1 is 1.00 bits per heavy atom. The molecule has 3 rings (SSSR count). The van der Waals surface area contributed by atoms with E-state index in [0.717, 1.165) is 10.4 Å². The minimum absolute atomic E-state index is 0.887. The molecule has 0 radical (unpaired) electrons. The Balaban J connectivity index is 1.91. The van der Waals surface area contributed by atoms with Crippen LogP contribution < -0.4 is 4.90 Å². The first-order chi connectivity index (χ1) is 8.72. The van der Waals surface area contributed by atoms with Crippen molar-refractivity contribution in [3.8, 4) is 0 Å². The van der Waals surface area contributed by atoms with Crippen LogP contribution >= 0.6 is 15.9 Å². The zero-order chi connectivity index (χ0) is 12.5. The van der Waals surface area contributed by atoms with Crippen molar-refractivity contribution in [2.24, 2.45) is 5.92 Å². The summed E-state index contributed by atoms with van der Waals surface area (Å²) in [5.41, 5.74) is 1.37. The summed E-state index contributed by atoms with van der Waals surface area (Å²) >= 11 is 3.52. The lowest BCUT2D eigenvalue weighted by Crippen LogP contribution is -2.32.